The van der Waals surface area contributed by atoms with Crippen molar-refractivity contribution in [2.75, 3.05) is 20.2 Å². The minimum Gasteiger partial charge on any atom is -0.368 e. The van der Waals surface area contributed by atoms with Crippen molar-refractivity contribution in [2.45, 2.75) is 25.0 Å². The molecule has 0 atom stereocenters. The van der Waals surface area contributed by atoms with Crippen LogP contribution in [0.4, 0.5) is 0 Å². The molecule has 0 saturated carbocycles. The number of rotatable bonds is 5. The van der Waals surface area contributed by atoms with Gasteiger partial charge in [-0.2, -0.15) is 0 Å². The van der Waals surface area contributed by atoms with E-state index in [4.69, 9.17) is 4.74 Å². The highest BCUT2D eigenvalue weighted by Gasteiger charge is 2.39. The number of nitrogens with zero attached hydrogens (tertiary/aromatic N) is 1. The fraction of sp³-hybridized carbons (Fsp3) is 0.412. The van der Waals surface area contributed by atoms with E-state index in [9.17, 15) is 4.79 Å². The van der Waals surface area contributed by atoms with Crippen molar-refractivity contribution in [1.82, 2.24) is 15.6 Å². The molecule has 0 spiro atoms. The fourth-order valence-electron chi connectivity index (χ4n) is 2.79. The second-order valence-electron chi connectivity index (χ2n) is 5.64. The van der Waals surface area contributed by atoms with Gasteiger partial charge in [0, 0.05) is 18.1 Å². The predicted octanol–water partition coefficient (Wildman–Crippen LogP) is 2.19. The Labute approximate surface area is 140 Å². The molecule has 6 heteroatoms. The van der Waals surface area contributed by atoms with Gasteiger partial charge in [-0.1, -0.05) is 30.3 Å². The topological polar surface area (TPSA) is 63.2 Å². The van der Waals surface area contributed by atoms with Gasteiger partial charge in [0.15, 0.2) is 0 Å². The SMILES string of the molecule is COC1(C(=O)NCc2csc(-c3ccccc3)n2)CCNCC1. The summed E-state index contributed by atoms with van der Waals surface area (Å²) in [5.74, 6) is -0.0456. The summed E-state index contributed by atoms with van der Waals surface area (Å²) in [6.07, 6.45) is 1.39. The van der Waals surface area contributed by atoms with E-state index in [1.165, 1.54) is 0 Å². The minimum absolute atomic E-state index is 0.0456. The Morgan fingerprint density at radius 3 is 2.78 bits per heavy atom. The molecule has 2 aromatic rings. The molecule has 1 aliphatic rings. The molecule has 1 saturated heterocycles. The lowest BCUT2D eigenvalue weighted by Gasteiger charge is -2.34. The van der Waals surface area contributed by atoms with E-state index in [0.717, 1.165) is 29.4 Å². The Bertz CT molecular complexity index is 651. The van der Waals surface area contributed by atoms with E-state index in [-0.39, 0.29) is 5.91 Å². The van der Waals surface area contributed by atoms with Gasteiger partial charge in [-0.15, -0.1) is 11.3 Å². The molecule has 1 aliphatic heterocycles. The van der Waals surface area contributed by atoms with Crippen LogP contribution < -0.4 is 10.6 Å². The zero-order valence-corrected chi connectivity index (χ0v) is 14.0. The van der Waals surface area contributed by atoms with Crippen molar-refractivity contribution in [2.24, 2.45) is 0 Å². The van der Waals surface area contributed by atoms with Crippen LogP contribution in [0, 0.1) is 0 Å². The van der Waals surface area contributed by atoms with E-state index in [2.05, 4.69) is 15.6 Å². The molecule has 1 aromatic carbocycles. The van der Waals surface area contributed by atoms with E-state index in [1.54, 1.807) is 18.4 Å². The number of benzene rings is 1. The maximum Gasteiger partial charge on any atom is 0.252 e. The molecule has 2 N–H and O–H groups in total. The molecule has 1 amide bonds. The summed E-state index contributed by atoms with van der Waals surface area (Å²) in [4.78, 5) is 17.1. The summed E-state index contributed by atoms with van der Waals surface area (Å²) < 4.78 is 5.53. The average Bonchev–Trinajstić information content (AvgIpc) is 3.10. The van der Waals surface area contributed by atoms with Crippen LogP contribution in [0.15, 0.2) is 35.7 Å². The zero-order valence-electron chi connectivity index (χ0n) is 13.2. The van der Waals surface area contributed by atoms with Crippen LogP contribution >= 0.6 is 11.3 Å². The summed E-state index contributed by atoms with van der Waals surface area (Å²) in [6, 6.07) is 10.1. The molecular formula is C17H21N3O2S. The lowest BCUT2D eigenvalue weighted by molar-refractivity contribution is -0.146. The van der Waals surface area contributed by atoms with Gasteiger partial charge in [0.1, 0.15) is 10.6 Å². The van der Waals surface area contributed by atoms with Crippen LogP contribution in [-0.2, 0) is 16.1 Å². The van der Waals surface area contributed by atoms with Crippen molar-refractivity contribution < 1.29 is 9.53 Å². The van der Waals surface area contributed by atoms with Crippen LogP contribution in [0.3, 0.4) is 0 Å². The van der Waals surface area contributed by atoms with E-state index in [0.29, 0.717) is 19.4 Å². The Morgan fingerprint density at radius 1 is 1.35 bits per heavy atom. The summed E-state index contributed by atoms with van der Waals surface area (Å²) in [5, 5.41) is 9.19. The fourth-order valence-corrected chi connectivity index (χ4v) is 3.61. The lowest BCUT2D eigenvalue weighted by atomic mass is 9.91. The first-order valence-corrected chi connectivity index (χ1v) is 8.65. The summed E-state index contributed by atoms with van der Waals surface area (Å²) >= 11 is 1.59. The van der Waals surface area contributed by atoms with Crippen LogP contribution in [0.2, 0.25) is 0 Å². The highest BCUT2D eigenvalue weighted by Crippen LogP contribution is 2.24. The second-order valence-corrected chi connectivity index (χ2v) is 6.50. The number of thiazole rings is 1. The Kier molecular flexibility index (Phi) is 5.05. The van der Waals surface area contributed by atoms with Gasteiger partial charge in [0.2, 0.25) is 0 Å². The number of hydrogen-bond donors (Lipinski definition) is 2. The number of piperidine rings is 1. The van der Waals surface area contributed by atoms with Crippen molar-refractivity contribution in [3.05, 3.63) is 41.4 Å². The third-order valence-electron chi connectivity index (χ3n) is 4.22. The van der Waals surface area contributed by atoms with Crippen molar-refractivity contribution in [3.8, 4) is 10.6 Å². The van der Waals surface area contributed by atoms with Gasteiger partial charge in [-0.3, -0.25) is 4.79 Å². The van der Waals surface area contributed by atoms with Gasteiger partial charge >= 0.3 is 0 Å². The standard InChI is InChI=1S/C17H21N3O2S/c1-22-17(7-9-18-10-8-17)16(21)19-11-14-12-23-15(20-14)13-5-3-2-4-6-13/h2-6,12,18H,7-11H2,1H3,(H,19,21). The summed E-state index contributed by atoms with van der Waals surface area (Å²) in [7, 11) is 1.61. The normalized spacial score (nSPS) is 16.9. The number of amides is 1. The average molecular weight is 331 g/mol. The zero-order chi connectivity index (χ0) is 16.1. The minimum atomic E-state index is -0.705. The van der Waals surface area contributed by atoms with Gasteiger partial charge in [-0.05, 0) is 25.9 Å². The monoisotopic (exact) mass is 331 g/mol. The largest absolute Gasteiger partial charge is 0.368 e. The number of methoxy groups -OCH3 is 1. The van der Waals surface area contributed by atoms with Crippen LogP contribution in [0.5, 0.6) is 0 Å². The highest BCUT2D eigenvalue weighted by atomic mass is 32.1. The molecule has 5 nitrogen and oxygen atoms in total. The number of nitrogens with one attached hydrogen (secondary N) is 2. The first kappa shape index (κ1) is 16.1. The number of carbonyl (C=O) groups is 1. The molecular weight excluding hydrogens is 310 g/mol. The molecule has 122 valence electrons. The predicted molar refractivity (Wildman–Crippen MR) is 91.2 cm³/mol. The first-order valence-electron chi connectivity index (χ1n) is 7.77. The number of aromatic nitrogens is 1. The summed E-state index contributed by atoms with van der Waals surface area (Å²) in [6.45, 7) is 2.03. The molecule has 0 radical (unpaired) electrons. The molecule has 0 bridgehead atoms. The van der Waals surface area contributed by atoms with Crippen molar-refractivity contribution >= 4 is 17.2 Å². The third-order valence-corrected chi connectivity index (χ3v) is 5.16. The molecule has 1 fully saturated rings. The lowest BCUT2D eigenvalue weighted by Crippen LogP contribution is -2.53. The number of hydrogen-bond acceptors (Lipinski definition) is 5. The maximum atomic E-state index is 12.5. The van der Waals surface area contributed by atoms with Crippen molar-refractivity contribution in [1.29, 1.82) is 0 Å². The molecule has 2 heterocycles. The van der Waals surface area contributed by atoms with Gasteiger partial charge in [-0.25, -0.2) is 4.98 Å². The summed E-state index contributed by atoms with van der Waals surface area (Å²) in [5.41, 5.74) is 1.27. The Hall–Kier alpha value is -1.76. The van der Waals surface area contributed by atoms with Crippen molar-refractivity contribution in [3.63, 3.8) is 0 Å². The van der Waals surface area contributed by atoms with Gasteiger partial charge in [0.25, 0.3) is 5.91 Å². The van der Waals surface area contributed by atoms with Crippen LogP contribution in [0.1, 0.15) is 18.5 Å². The van der Waals surface area contributed by atoms with Crippen LogP contribution in [0.25, 0.3) is 10.6 Å². The first-order chi connectivity index (χ1) is 11.2. The molecule has 3 rings (SSSR count). The quantitative estimate of drug-likeness (QED) is 0.882. The second kappa shape index (κ2) is 7.21. The van der Waals surface area contributed by atoms with Gasteiger partial charge in [0.05, 0.1) is 12.2 Å². The highest BCUT2D eigenvalue weighted by molar-refractivity contribution is 7.13. The smallest absolute Gasteiger partial charge is 0.252 e. The van der Waals surface area contributed by atoms with Gasteiger partial charge < -0.3 is 15.4 Å². The van der Waals surface area contributed by atoms with E-state index < -0.39 is 5.60 Å². The Morgan fingerprint density at radius 2 is 2.09 bits per heavy atom. The van der Waals surface area contributed by atoms with E-state index in [1.807, 2.05) is 35.7 Å². The molecule has 0 aliphatic carbocycles. The maximum absolute atomic E-state index is 12.5. The molecule has 23 heavy (non-hydrogen) atoms. The third kappa shape index (κ3) is 3.60. The Balaban J connectivity index is 1.62. The van der Waals surface area contributed by atoms with Crippen LogP contribution in [-0.4, -0.2) is 36.7 Å². The number of carbonyl (C=O) groups excluding carboxylic acids is 1. The van der Waals surface area contributed by atoms with E-state index >= 15 is 0 Å². The molecule has 0 unspecified atom stereocenters. The number of ether oxygens (including phenoxy) is 1. The molecule has 1 aromatic heterocycles.